The highest BCUT2D eigenvalue weighted by atomic mass is 127. The van der Waals surface area contributed by atoms with E-state index in [-0.39, 0.29) is 30.6 Å². The lowest BCUT2D eigenvalue weighted by atomic mass is 10.2. The summed E-state index contributed by atoms with van der Waals surface area (Å²) >= 11 is 0. The Bertz CT molecular complexity index is 259. The Morgan fingerprint density at radius 3 is 2.33 bits per heavy atom. The van der Waals surface area contributed by atoms with E-state index >= 15 is 0 Å². The Hall–Kier alpha value is -0.0700. The summed E-state index contributed by atoms with van der Waals surface area (Å²) < 4.78 is 5.36. The fourth-order valence-corrected chi connectivity index (χ4v) is 1.42. The zero-order chi connectivity index (χ0) is 10.4. The predicted octanol–water partition coefficient (Wildman–Crippen LogP) is 2.67. The van der Waals surface area contributed by atoms with Crippen LogP contribution in [0.4, 0.5) is 0 Å². The maximum atomic E-state index is 8.81. The van der Waals surface area contributed by atoms with Crippen LogP contribution in [0.15, 0.2) is 16.5 Å². The fraction of sp³-hybridized carbons (Fsp3) is 0.636. The van der Waals surface area contributed by atoms with Gasteiger partial charge in [0.1, 0.15) is 18.1 Å². The average Bonchev–Trinajstić information content (AvgIpc) is 2.67. The Labute approximate surface area is 108 Å². The van der Waals surface area contributed by atoms with Gasteiger partial charge in [0.15, 0.2) is 0 Å². The summed E-state index contributed by atoms with van der Waals surface area (Å²) in [4.78, 5) is 0. The molecule has 1 aromatic heterocycles. The Balaban J connectivity index is 0.00000196. The minimum Gasteiger partial charge on any atom is -0.462 e. The van der Waals surface area contributed by atoms with Crippen LogP contribution in [0.1, 0.15) is 38.2 Å². The number of halogens is 1. The molecular formula is C11H20INO2. The van der Waals surface area contributed by atoms with Gasteiger partial charge in [0.25, 0.3) is 0 Å². The van der Waals surface area contributed by atoms with Crippen molar-refractivity contribution in [2.45, 2.75) is 45.9 Å². The van der Waals surface area contributed by atoms with Crippen LogP contribution < -0.4 is 5.32 Å². The van der Waals surface area contributed by atoms with Gasteiger partial charge in [0.05, 0.1) is 6.54 Å². The molecule has 0 radical (unpaired) electrons. The molecule has 3 nitrogen and oxygen atoms in total. The van der Waals surface area contributed by atoms with Crippen molar-refractivity contribution in [2.75, 3.05) is 0 Å². The van der Waals surface area contributed by atoms with Gasteiger partial charge < -0.3 is 14.8 Å². The van der Waals surface area contributed by atoms with Gasteiger partial charge in [0, 0.05) is 6.04 Å². The number of aliphatic hydroxyl groups is 1. The number of nitrogens with one attached hydrogen (secondary N) is 1. The Kier molecular flexibility index (Phi) is 8.09. The van der Waals surface area contributed by atoms with Crippen molar-refractivity contribution in [1.82, 2.24) is 5.32 Å². The summed E-state index contributed by atoms with van der Waals surface area (Å²) in [6.45, 7) is 5.06. The van der Waals surface area contributed by atoms with Crippen LogP contribution >= 0.6 is 24.0 Å². The second-order valence-electron chi connectivity index (χ2n) is 3.42. The first-order chi connectivity index (χ1) is 6.80. The van der Waals surface area contributed by atoms with Crippen LogP contribution in [0.3, 0.4) is 0 Å². The molecule has 0 aromatic carbocycles. The molecule has 88 valence electrons. The largest absolute Gasteiger partial charge is 0.462 e. The maximum Gasteiger partial charge on any atom is 0.129 e. The molecule has 15 heavy (non-hydrogen) atoms. The molecule has 2 N–H and O–H groups in total. The molecule has 0 fully saturated rings. The molecule has 0 aliphatic carbocycles. The van der Waals surface area contributed by atoms with Crippen molar-refractivity contribution in [3.63, 3.8) is 0 Å². The molecule has 0 saturated heterocycles. The van der Waals surface area contributed by atoms with Crippen LogP contribution in [-0.2, 0) is 13.2 Å². The quantitative estimate of drug-likeness (QED) is 0.791. The SMILES string of the molecule is CCC(CC)NCc1ccc(CO)o1.I. The van der Waals surface area contributed by atoms with E-state index in [0.29, 0.717) is 11.8 Å². The van der Waals surface area contributed by atoms with Crippen molar-refractivity contribution in [3.8, 4) is 0 Å². The topological polar surface area (TPSA) is 45.4 Å². The van der Waals surface area contributed by atoms with E-state index in [0.717, 1.165) is 25.1 Å². The second kappa shape index (κ2) is 8.13. The van der Waals surface area contributed by atoms with Gasteiger partial charge in [-0.05, 0) is 25.0 Å². The normalized spacial score (nSPS) is 10.4. The number of hydrogen-bond donors (Lipinski definition) is 2. The third kappa shape index (κ3) is 4.99. The van der Waals surface area contributed by atoms with Crippen LogP contribution in [0, 0.1) is 0 Å². The molecule has 0 aliphatic rings. The minimum atomic E-state index is -0.0228. The number of hydrogen-bond acceptors (Lipinski definition) is 3. The molecule has 0 aliphatic heterocycles. The molecule has 0 bridgehead atoms. The van der Waals surface area contributed by atoms with E-state index in [1.807, 2.05) is 12.1 Å². The van der Waals surface area contributed by atoms with Gasteiger partial charge in [-0.1, -0.05) is 13.8 Å². The predicted molar refractivity (Wildman–Crippen MR) is 71.3 cm³/mol. The molecule has 1 rings (SSSR count). The summed E-state index contributed by atoms with van der Waals surface area (Å²) in [7, 11) is 0. The lowest BCUT2D eigenvalue weighted by molar-refractivity contribution is 0.242. The third-order valence-corrected chi connectivity index (χ3v) is 2.42. The van der Waals surface area contributed by atoms with E-state index in [4.69, 9.17) is 9.52 Å². The molecule has 0 amide bonds. The van der Waals surface area contributed by atoms with E-state index in [1.54, 1.807) is 0 Å². The van der Waals surface area contributed by atoms with E-state index in [9.17, 15) is 0 Å². The number of furan rings is 1. The van der Waals surface area contributed by atoms with E-state index in [1.165, 1.54) is 0 Å². The standard InChI is InChI=1S/C11H19NO2.HI/c1-3-9(4-2)12-7-10-5-6-11(8-13)14-10;/h5-6,9,12-13H,3-4,7-8H2,1-2H3;1H. The van der Waals surface area contributed by atoms with Crippen molar-refractivity contribution in [3.05, 3.63) is 23.7 Å². The van der Waals surface area contributed by atoms with E-state index in [2.05, 4.69) is 19.2 Å². The highest BCUT2D eigenvalue weighted by Gasteiger charge is 2.04. The molecule has 0 spiro atoms. The molecule has 1 heterocycles. The summed E-state index contributed by atoms with van der Waals surface area (Å²) in [6, 6.07) is 4.27. The van der Waals surface area contributed by atoms with Gasteiger partial charge in [-0.15, -0.1) is 24.0 Å². The zero-order valence-corrected chi connectivity index (χ0v) is 11.7. The number of aliphatic hydroxyl groups excluding tert-OH is 1. The first-order valence-electron chi connectivity index (χ1n) is 5.22. The van der Waals surface area contributed by atoms with Crippen molar-refractivity contribution >= 4 is 24.0 Å². The lowest BCUT2D eigenvalue weighted by Gasteiger charge is -2.12. The average molecular weight is 325 g/mol. The van der Waals surface area contributed by atoms with Crippen LogP contribution in [0.25, 0.3) is 0 Å². The van der Waals surface area contributed by atoms with Gasteiger partial charge in [-0.2, -0.15) is 0 Å². The fourth-order valence-electron chi connectivity index (χ4n) is 1.42. The summed E-state index contributed by atoms with van der Waals surface area (Å²) in [5, 5.41) is 12.2. The Morgan fingerprint density at radius 2 is 1.87 bits per heavy atom. The highest BCUT2D eigenvalue weighted by molar-refractivity contribution is 14.0. The first-order valence-corrected chi connectivity index (χ1v) is 5.22. The second-order valence-corrected chi connectivity index (χ2v) is 3.42. The van der Waals surface area contributed by atoms with Crippen molar-refractivity contribution in [1.29, 1.82) is 0 Å². The van der Waals surface area contributed by atoms with Gasteiger partial charge in [-0.3, -0.25) is 0 Å². The van der Waals surface area contributed by atoms with Crippen LogP contribution in [-0.4, -0.2) is 11.1 Å². The molecule has 0 unspecified atom stereocenters. The Morgan fingerprint density at radius 1 is 1.27 bits per heavy atom. The van der Waals surface area contributed by atoms with Crippen molar-refractivity contribution in [2.24, 2.45) is 0 Å². The monoisotopic (exact) mass is 325 g/mol. The zero-order valence-electron chi connectivity index (χ0n) is 9.32. The third-order valence-electron chi connectivity index (χ3n) is 2.42. The van der Waals surface area contributed by atoms with Crippen LogP contribution in [0.5, 0.6) is 0 Å². The van der Waals surface area contributed by atoms with Crippen LogP contribution in [0.2, 0.25) is 0 Å². The maximum absolute atomic E-state index is 8.81. The molecule has 1 aromatic rings. The lowest BCUT2D eigenvalue weighted by Crippen LogP contribution is -2.26. The van der Waals surface area contributed by atoms with E-state index < -0.39 is 0 Å². The molecule has 4 heteroatoms. The smallest absolute Gasteiger partial charge is 0.129 e. The highest BCUT2D eigenvalue weighted by Crippen LogP contribution is 2.08. The first kappa shape index (κ1) is 14.9. The summed E-state index contributed by atoms with van der Waals surface area (Å²) in [5.41, 5.74) is 0. The molecule has 0 saturated carbocycles. The molecule has 0 atom stereocenters. The van der Waals surface area contributed by atoms with Gasteiger partial charge in [-0.25, -0.2) is 0 Å². The minimum absolute atomic E-state index is 0. The summed E-state index contributed by atoms with van der Waals surface area (Å²) in [5.74, 6) is 1.52. The molecular weight excluding hydrogens is 305 g/mol. The van der Waals surface area contributed by atoms with Crippen molar-refractivity contribution < 1.29 is 9.52 Å². The van der Waals surface area contributed by atoms with Gasteiger partial charge in [0.2, 0.25) is 0 Å². The number of rotatable bonds is 6. The summed E-state index contributed by atoms with van der Waals surface area (Å²) in [6.07, 6.45) is 2.26. The van der Waals surface area contributed by atoms with Gasteiger partial charge >= 0.3 is 0 Å².